The van der Waals surface area contributed by atoms with Gasteiger partial charge in [-0.05, 0) is 18.6 Å². The van der Waals surface area contributed by atoms with Crippen molar-refractivity contribution in [3.05, 3.63) is 40.2 Å². The van der Waals surface area contributed by atoms with Crippen molar-refractivity contribution < 1.29 is 4.39 Å². The summed E-state index contributed by atoms with van der Waals surface area (Å²) in [6.45, 7) is 1.65. The lowest BCUT2D eigenvalue weighted by Gasteiger charge is -2.02. The van der Waals surface area contributed by atoms with Gasteiger partial charge in [0.2, 0.25) is 0 Å². The van der Waals surface area contributed by atoms with Gasteiger partial charge in [0, 0.05) is 11.4 Å². The predicted octanol–water partition coefficient (Wildman–Crippen LogP) is 4.04. The SMILES string of the molecule is Cc1c(F)ccc(C=CCCl)c1Cl. The Labute approximate surface area is 87.0 Å². The predicted molar refractivity (Wildman–Crippen MR) is 55.9 cm³/mol. The fraction of sp³-hybridized carbons (Fsp3) is 0.200. The van der Waals surface area contributed by atoms with E-state index in [9.17, 15) is 4.39 Å². The molecule has 0 nitrogen and oxygen atoms in total. The molecule has 0 aliphatic rings. The standard InChI is InChI=1S/C10H9Cl2F/c1-7-9(13)5-4-8(10(7)12)3-2-6-11/h2-5H,6H2,1H3. The second-order valence-electron chi connectivity index (χ2n) is 2.63. The molecule has 0 fully saturated rings. The molecule has 0 unspecified atom stereocenters. The van der Waals surface area contributed by atoms with Crippen molar-refractivity contribution >= 4 is 29.3 Å². The van der Waals surface area contributed by atoms with Crippen LogP contribution in [0.5, 0.6) is 0 Å². The molecule has 0 radical (unpaired) electrons. The average Bonchev–Trinajstić information content (AvgIpc) is 2.13. The molecule has 0 spiro atoms. The summed E-state index contributed by atoms with van der Waals surface area (Å²) in [5.74, 6) is 0.139. The monoisotopic (exact) mass is 218 g/mol. The Balaban J connectivity index is 3.11. The Hall–Kier alpha value is -0.530. The van der Waals surface area contributed by atoms with Gasteiger partial charge in [0.25, 0.3) is 0 Å². The zero-order valence-electron chi connectivity index (χ0n) is 7.15. The van der Waals surface area contributed by atoms with Crippen molar-refractivity contribution in [2.75, 3.05) is 5.88 Å². The Bertz CT molecular complexity index is 332. The number of benzene rings is 1. The third kappa shape index (κ3) is 2.45. The van der Waals surface area contributed by atoms with Crippen molar-refractivity contribution in [1.82, 2.24) is 0 Å². The van der Waals surface area contributed by atoms with E-state index in [1.165, 1.54) is 6.07 Å². The van der Waals surface area contributed by atoms with Gasteiger partial charge in [0.05, 0.1) is 5.02 Å². The van der Waals surface area contributed by atoms with Gasteiger partial charge in [-0.25, -0.2) is 4.39 Å². The van der Waals surface area contributed by atoms with E-state index in [1.807, 2.05) is 0 Å². The lowest BCUT2D eigenvalue weighted by molar-refractivity contribution is 0.618. The molecule has 1 aromatic carbocycles. The maximum Gasteiger partial charge on any atom is 0.127 e. The maximum absolute atomic E-state index is 12.9. The van der Waals surface area contributed by atoms with E-state index < -0.39 is 0 Å². The quantitative estimate of drug-likeness (QED) is 0.658. The van der Waals surface area contributed by atoms with E-state index in [0.717, 1.165) is 5.56 Å². The molecule has 0 bridgehead atoms. The number of allylic oxidation sites excluding steroid dienone is 1. The second-order valence-corrected chi connectivity index (χ2v) is 3.32. The van der Waals surface area contributed by atoms with Gasteiger partial charge in [0.15, 0.2) is 0 Å². The molecule has 0 amide bonds. The summed E-state index contributed by atoms with van der Waals surface area (Å²) in [6.07, 6.45) is 3.54. The Morgan fingerprint density at radius 1 is 1.46 bits per heavy atom. The van der Waals surface area contributed by atoms with Crippen molar-refractivity contribution in [3.8, 4) is 0 Å². The Morgan fingerprint density at radius 3 is 2.77 bits per heavy atom. The first-order valence-corrected chi connectivity index (χ1v) is 4.75. The lowest BCUT2D eigenvalue weighted by Crippen LogP contribution is -1.86. The molecule has 0 N–H and O–H groups in total. The van der Waals surface area contributed by atoms with Crippen LogP contribution >= 0.6 is 23.2 Å². The van der Waals surface area contributed by atoms with Crippen LogP contribution in [0.3, 0.4) is 0 Å². The topological polar surface area (TPSA) is 0 Å². The molecule has 3 heteroatoms. The first-order valence-electron chi connectivity index (χ1n) is 3.84. The first kappa shape index (κ1) is 10.6. The smallest absolute Gasteiger partial charge is 0.127 e. The minimum Gasteiger partial charge on any atom is -0.207 e. The van der Waals surface area contributed by atoms with Crippen LogP contribution in [-0.2, 0) is 0 Å². The molecule has 70 valence electrons. The molecule has 0 atom stereocenters. The summed E-state index contributed by atoms with van der Waals surface area (Å²) in [5, 5.41) is 0.446. The highest BCUT2D eigenvalue weighted by Gasteiger charge is 2.04. The third-order valence-electron chi connectivity index (χ3n) is 1.74. The molecule has 0 saturated heterocycles. The minimum absolute atomic E-state index is 0.284. The van der Waals surface area contributed by atoms with Crippen molar-refractivity contribution in [3.63, 3.8) is 0 Å². The van der Waals surface area contributed by atoms with E-state index in [4.69, 9.17) is 23.2 Å². The van der Waals surface area contributed by atoms with Gasteiger partial charge < -0.3 is 0 Å². The van der Waals surface area contributed by atoms with Gasteiger partial charge in [-0.1, -0.05) is 29.8 Å². The number of halogens is 3. The Morgan fingerprint density at radius 2 is 2.15 bits per heavy atom. The van der Waals surface area contributed by atoms with E-state index >= 15 is 0 Å². The van der Waals surface area contributed by atoms with Crippen LogP contribution in [0.4, 0.5) is 4.39 Å². The molecule has 1 aromatic rings. The van der Waals surface area contributed by atoms with E-state index in [2.05, 4.69) is 0 Å². The van der Waals surface area contributed by atoms with Crippen molar-refractivity contribution in [2.45, 2.75) is 6.92 Å². The summed E-state index contributed by atoms with van der Waals surface area (Å²) < 4.78 is 12.9. The molecule has 0 aliphatic carbocycles. The van der Waals surface area contributed by atoms with Gasteiger partial charge in [-0.2, -0.15) is 0 Å². The van der Waals surface area contributed by atoms with E-state index in [1.54, 1.807) is 25.1 Å². The van der Waals surface area contributed by atoms with Gasteiger partial charge in [-0.3, -0.25) is 0 Å². The van der Waals surface area contributed by atoms with Crippen LogP contribution < -0.4 is 0 Å². The highest BCUT2D eigenvalue weighted by atomic mass is 35.5. The largest absolute Gasteiger partial charge is 0.207 e. The second kappa shape index (κ2) is 4.64. The molecule has 0 saturated carbocycles. The fourth-order valence-corrected chi connectivity index (χ4v) is 1.29. The van der Waals surface area contributed by atoms with Crippen LogP contribution in [0.1, 0.15) is 11.1 Å². The molecule has 0 aliphatic heterocycles. The summed E-state index contributed by atoms with van der Waals surface area (Å²) in [4.78, 5) is 0. The van der Waals surface area contributed by atoms with Crippen LogP contribution in [0, 0.1) is 12.7 Å². The summed E-state index contributed by atoms with van der Waals surface area (Å²) in [7, 11) is 0. The van der Waals surface area contributed by atoms with Crippen LogP contribution in [0.25, 0.3) is 6.08 Å². The number of rotatable bonds is 2. The van der Waals surface area contributed by atoms with Crippen LogP contribution in [0.2, 0.25) is 5.02 Å². The normalized spacial score (nSPS) is 11.1. The van der Waals surface area contributed by atoms with Crippen LogP contribution in [0.15, 0.2) is 18.2 Å². The average molecular weight is 219 g/mol. The van der Waals surface area contributed by atoms with E-state index in [-0.39, 0.29) is 5.82 Å². The first-order chi connectivity index (χ1) is 6.16. The summed E-state index contributed by atoms with van der Waals surface area (Å²) in [5.41, 5.74) is 1.26. The molecule has 13 heavy (non-hydrogen) atoms. The molecule has 0 aromatic heterocycles. The molecule has 0 heterocycles. The van der Waals surface area contributed by atoms with Gasteiger partial charge in [-0.15, -0.1) is 11.6 Å². The molecular weight excluding hydrogens is 210 g/mol. The highest BCUT2D eigenvalue weighted by molar-refractivity contribution is 6.32. The molecular formula is C10H9Cl2F. The summed E-state index contributed by atoms with van der Waals surface area (Å²) >= 11 is 11.4. The Kier molecular flexibility index (Phi) is 3.76. The van der Waals surface area contributed by atoms with Gasteiger partial charge >= 0.3 is 0 Å². The molecule has 1 rings (SSSR count). The minimum atomic E-state index is -0.284. The lowest BCUT2D eigenvalue weighted by atomic mass is 10.1. The van der Waals surface area contributed by atoms with Crippen molar-refractivity contribution in [2.24, 2.45) is 0 Å². The number of hydrogen-bond donors (Lipinski definition) is 0. The fourth-order valence-electron chi connectivity index (χ4n) is 0.983. The summed E-state index contributed by atoms with van der Waals surface area (Å²) in [6, 6.07) is 3.03. The third-order valence-corrected chi connectivity index (χ3v) is 2.42. The zero-order chi connectivity index (χ0) is 9.84. The van der Waals surface area contributed by atoms with Crippen molar-refractivity contribution in [1.29, 1.82) is 0 Å². The number of alkyl halides is 1. The number of hydrogen-bond acceptors (Lipinski definition) is 0. The van der Waals surface area contributed by atoms with Gasteiger partial charge in [0.1, 0.15) is 5.82 Å². The highest BCUT2D eigenvalue weighted by Crippen LogP contribution is 2.23. The maximum atomic E-state index is 12.9. The van der Waals surface area contributed by atoms with Crippen LogP contribution in [-0.4, -0.2) is 5.88 Å². The zero-order valence-corrected chi connectivity index (χ0v) is 8.66. The van der Waals surface area contributed by atoms with E-state index in [0.29, 0.717) is 16.5 Å².